The molecule has 0 aromatic rings. The molecule has 1 aliphatic heterocycles. The molecule has 4 atom stereocenters. The van der Waals surface area contributed by atoms with Crippen LogP contribution in [0.5, 0.6) is 0 Å². The van der Waals surface area contributed by atoms with E-state index in [4.69, 9.17) is 4.74 Å². The standard InChI is InChI=1S/C14H22O2/c1-4-5-12-10-11(2)14(16-12)8-6-13(3,15)7-9-14/h4-6,8,11-12,15H,7,9-10H2,1-3H3. The van der Waals surface area contributed by atoms with Crippen molar-refractivity contribution in [3.8, 4) is 0 Å². The lowest BCUT2D eigenvalue weighted by Crippen LogP contribution is -2.40. The lowest BCUT2D eigenvalue weighted by molar-refractivity contribution is -0.0360. The number of hydrogen-bond acceptors (Lipinski definition) is 2. The largest absolute Gasteiger partial charge is 0.386 e. The Kier molecular flexibility index (Phi) is 2.97. The maximum Gasteiger partial charge on any atom is 0.0899 e. The molecule has 2 aliphatic rings. The van der Waals surface area contributed by atoms with Crippen molar-refractivity contribution < 1.29 is 9.84 Å². The van der Waals surface area contributed by atoms with Crippen molar-refractivity contribution in [1.29, 1.82) is 0 Å². The maximum absolute atomic E-state index is 9.92. The summed E-state index contributed by atoms with van der Waals surface area (Å²) in [6.45, 7) is 6.13. The molecule has 2 nitrogen and oxygen atoms in total. The summed E-state index contributed by atoms with van der Waals surface area (Å²) in [5.74, 6) is 0.529. The van der Waals surface area contributed by atoms with Crippen molar-refractivity contribution in [2.75, 3.05) is 0 Å². The van der Waals surface area contributed by atoms with Gasteiger partial charge in [0, 0.05) is 0 Å². The number of rotatable bonds is 1. The highest BCUT2D eigenvalue weighted by molar-refractivity contribution is 5.18. The second-order valence-electron chi connectivity index (χ2n) is 5.46. The van der Waals surface area contributed by atoms with Gasteiger partial charge in [-0.15, -0.1) is 0 Å². The molecule has 0 radical (unpaired) electrons. The first-order valence-electron chi connectivity index (χ1n) is 6.21. The van der Waals surface area contributed by atoms with Gasteiger partial charge in [-0.05, 0) is 39.0 Å². The molecule has 4 unspecified atom stereocenters. The number of allylic oxidation sites excluding steroid dienone is 1. The molecule has 2 heteroatoms. The second kappa shape index (κ2) is 4.01. The van der Waals surface area contributed by atoms with Gasteiger partial charge in [-0.2, -0.15) is 0 Å². The van der Waals surface area contributed by atoms with Gasteiger partial charge in [0.15, 0.2) is 0 Å². The van der Waals surface area contributed by atoms with Gasteiger partial charge in [0.2, 0.25) is 0 Å². The topological polar surface area (TPSA) is 29.5 Å². The average molecular weight is 222 g/mol. The van der Waals surface area contributed by atoms with E-state index >= 15 is 0 Å². The monoisotopic (exact) mass is 222 g/mol. The molecule has 16 heavy (non-hydrogen) atoms. The Labute approximate surface area is 98.0 Å². The zero-order valence-electron chi connectivity index (χ0n) is 10.4. The van der Waals surface area contributed by atoms with E-state index in [9.17, 15) is 5.11 Å². The third-order valence-corrected chi connectivity index (χ3v) is 3.94. The van der Waals surface area contributed by atoms with Crippen molar-refractivity contribution in [3.05, 3.63) is 24.3 Å². The van der Waals surface area contributed by atoms with Crippen LogP contribution < -0.4 is 0 Å². The van der Waals surface area contributed by atoms with Crippen LogP contribution >= 0.6 is 0 Å². The Morgan fingerprint density at radius 2 is 2.12 bits per heavy atom. The number of hydrogen-bond donors (Lipinski definition) is 1. The minimum absolute atomic E-state index is 0.133. The quantitative estimate of drug-likeness (QED) is 0.691. The predicted molar refractivity (Wildman–Crippen MR) is 65.2 cm³/mol. The van der Waals surface area contributed by atoms with Gasteiger partial charge in [-0.25, -0.2) is 0 Å². The Hall–Kier alpha value is -0.600. The zero-order chi connectivity index (χ0) is 11.8. The first-order chi connectivity index (χ1) is 7.47. The highest BCUT2D eigenvalue weighted by Crippen LogP contribution is 2.44. The smallest absolute Gasteiger partial charge is 0.0899 e. The van der Waals surface area contributed by atoms with Gasteiger partial charge in [0.05, 0.1) is 17.3 Å². The van der Waals surface area contributed by atoms with Gasteiger partial charge >= 0.3 is 0 Å². The van der Waals surface area contributed by atoms with Crippen molar-refractivity contribution in [1.82, 2.24) is 0 Å². The third-order valence-electron chi connectivity index (χ3n) is 3.94. The molecule has 1 heterocycles. The normalized spacial score (nSPS) is 48.2. The van der Waals surface area contributed by atoms with Crippen LogP contribution in [0.25, 0.3) is 0 Å². The highest BCUT2D eigenvalue weighted by Gasteiger charge is 2.46. The molecular weight excluding hydrogens is 200 g/mol. The molecule has 2 rings (SSSR count). The van der Waals surface area contributed by atoms with E-state index in [1.54, 1.807) is 0 Å². The Morgan fingerprint density at radius 3 is 2.69 bits per heavy atom. The van der Waals surface area contributed by atoms with Gasteiger partial charge < -0.3 is 9.84 Å². The van der Waals surface area contributed by atoms with E-state index in [1.807, 2.05) is 19.9 Å². The van der Waals surface area contributed by atoms with E-state index < -0.39 is 5.60 Å². The van der Waals surface area contributed by atoms with Crippen LogP contribution in [0, 0.1) is 5.92 Å². The number of aliphatic hydroxyl groups is 1. The van der Waals surface area contributed by atoms with Crippen LogP contribution in [0.15, 0.2) is 24.3 Å². The number of ether oxygens (including phenoxy) is 1. The average Bonchev–Trinajstić information content (AvgIpc) is 2.50. The maximum atomic E-state index is 9.92. The van der Waals surface area contributed by atoms with Crippen LogP contribution in [-0.4, -0.2) is 22.4 Å². The summed E-state index contributed by atoms with van der Waals surface area (Å²) < 4.78 is 6.15. The van der Waals surface area contributed by atoms with Crippen molar-refractivity contribution >= 4 is 0 Å². The van der Waals surface area contributed by atoms with E-state index in [2.05, 4.69) is 25.2 Å². The fourth-order valence-electron chi connectivity index (χ4n) is 2.77. The molecule has 1 spiro atoms. The molecule has 0 bridgehead atoms. The van der Waals surface area contributed by atoms with E-state index in [0.29, 0.717) is 5.92 Å². The molecular formula is C14H22O2. The first kappa shape index (κ1) is 11.9. The molecule has 1 aliphatic carbocycles. The molecule has 0 amide bonds. The lowest BCUT2D eigenvalue weighted by atomic mass is 9.77. The van der Waals surface area contributed by atoms with Crippen LogP contribution in [0.4, 0.5) is 0 Å². The lowest BCUT2D eigenvalue weighted by Gasteiger charge is -2.37. The molecule has 0 aromatic carbocycles. The fourth-order valence-corrected chi connectivity index (χ4v) is 2.77. The Balaban J connectivity index is 2.16. The van der Waals surface area contributed by atoms with Crippen molar-refractivity contribution in [2.24, 2.45) is 5.92 Å². The second-order valence-corrected chi connectivity index (χ2v) is 5.46. The zero-order valence-corrected chi connectivity index (χ0v) is 10.4. The summed E-state index contributed by atoms with van der Waals surface area (Å²) in [6, 6.07) is 0. The van der Waals surface area contributed by atoms with Gasteiger partial charge in [0.1, 0.15) is 0 Å². The SMILES string of the molecule is CC=CC1CC(C)C2(C=CC(C)(O)CC2)O1. The Bertz CT molecular complexity index is 317. The van der Waals surface area contributed by atoms with E-state index in [-0.39, 0.29) is 11.7 Å². The van der Waals surface area contributed by atoms with Crippen LogP contribution in [0.3, 0.4) is 0 Å². The van der Waals surface area contributed by atoms with Crippen molar-refractivity contribution in [2.45, 2.75) is 57.3 Å². The van der Waals surface area contributed by atoms with Crippen molar-refractivity contribution in [3.63, 3.8) is 0 Å². The van der Waals surface area contributed by atoms with Crippen LogP contribution in [-0.2, 0) is 4.74 Å². The molecule has 90 valence electrons. The minimum atomic E-state index is -0.646. The first-order valence-corrected chi connectivity index (χ1v) is 6.21. The highest BCUT2D eigenvalue weighted by atomic mass is 16.5. The summed E-state index contributed by atoms with van der Waals surface area (Å²) >= 11 is 0. The summed E-state index contributed by atoms with van der Waals surface area (Å²) in [6.07, 6.45) is 11.2. The van der Waals surface area contributed by atoms with Gasteiger partial charge in [-0.3, -0.25) is 0 Å². The van der Waals surface area contributed by atoms with Crippen LogP contribution in [0.2, 0.25) is 0 Å². The van der Waals surface area contributed by atoms with Gasteiger partial charge in [0.25, 0.3) is 0 Å². The minimum Gasteiger partial charge on any atom is -0.386 e. The summed E-state index contributed by atoms with van der Waals surface area (Å²) in [5, 5.41) is 9.92. The predicted octanol–water partition coefficient (Wildman–Crippen LogP) is 2.83. The molecule has 1 N–H and O–H groups in total. The molecule has 0 aromatic heterocycles. The molecule has 1 saturated heterocycles. The van der Waals surface area contributed by atoms with Gasteiger partial charge in [-0.1, -0.05) is 31.2 Å². The van der Waals surface area contributed by atoms with E-state index in [0.717, 1.165) is 19.3 Å². The molecule has 1 fully saturated rings. The molecule has 0 saturated carbocycles. The third kappa shape index (κ3) is 2.09. The summed E-state index contributed by atoms with van der Waals surface area (Å²) in [4.78, 5) is 0. The fraction of sp³-hybridized carbons (Fsp3) is 0.714. The summed E-state index contributed by atoms with van der Waals surface area (Å²) in [7, 11) is 0. The van der Waals surface area contributed by atoms with Crippen LogP contribution in [0.1, 0.15) is 40.0 Å². The van der Waals surface area contributed by atoms with E-state index in [1.165, 1.54) is 0 Å². The Morgan fingerprint density at radius 1 is 1.38 bits per heavy atom. The summed E-state index contributed by atoms with van der Waals surface area (Å²) in [5.41, 5.74) is -0.778.